The lowest BCUT2D eigenvalue weighted by molar-refractivity contribution is 0.00751. The maximum atomic E-state index is 13.0. The first-order valence-corrected chi connectivity index (χ1v) is 5.63. The summed E-state index contributed by atoms with van der Waals surface area (Å²) in [7, 11) is 0. The van der Waals surface area contributed by atoms with Crippen LogP contribution in [0.2, 0.25) is 0 Å². The lowest BCUT2D eigenvalue weighted by Gasteiger charge is -2.11. The zero-order valence-corrected chi connectivity index (χ0v) is 9.46. The molecule has 0 aromatic carbocycles. The van der Waals surface area contributed by atoms with E-state index >= 15 is 0 Å². The molecule has 0 aliphatic heterocycles. The Hall–Kier alpha value is -1.46. The average Bonchev–Trinajstić information content (AvgIpc) is 2.58. The minimum atomic E-state index is -2.69. The molecule has 1 unspecified atom stereocenters. The minimum absolute atomic E-state index is 0.168. The maximum Gasteiger partial charge on any atom is 0.257 e. The summed E-state index contributed by atoms with van der Waals surface area (Å²) in [6, 6.07) is 0. The number of aromatic nitrogens is 2. The Labute approximate surface area is 96.7 Å². The van der Waals surface area contributed by atoms with Crippen LogP contribution in [0, 0.1) is 0 Å². The third kappa shape index (κ3) is 2.30. The molecule has 4 nitrogen and oxygen atoms in total. The fourth-order valence-electron chi connectivity index (χ4n) is 2.20. The van der Waals surface area contributed by atoms with Gasteiger partial charge >= 0.3 is 0 Å². The van der Waals surface area contributed by atoms with Crippen molar-refractivity contribution in [3.8, 4) is 5.88 Å². The van der Waals surface area contributed by atoms with E-state index in [1.54, 1.807) is 6.92 Å². The van der Waals surface area contributed by atoms with Crippen LogP contribution in [0.3, 0.4) is 0 Å². The van der Waals surface area contributed by atoms with Crippen LogP contribution in [0.15, 0.2) is 4.79 Å². The summed E-state index contributed by atoms with van der Waals surface area (Å²) in [4.78, 5) is 17.9. The van der Waals surface area contributed by atoms with Crippen LogP contribution in [-0.2, 0) is 6.42 Å². The second kappa shape index (κ2) is 4.09. The molecule has 2 N–H and O–H groups in total. The summed E-state index contributed by atoms with van der Waals surface area (Å²) in [6.07, 6.45) is 0.120. The molecule has 17 heavy (non-hydrogen) atoms. The van der Waals surface area contributed by atoms with E-state index in [0.717, 1.165) is 0 Å². The fraction of sp³-hybridized carbons (Fsp3) is 0.636. The predicted octanol–water partition coefficient (Wildman–Crippen LogP) is 1.94. The van der Waals surface area contributed by atoms with Crippen molar-refractivity contribution >= 4 is 0 Å². The Morgan fingerprint density at radius 1 is 1.59 bits per heavy atom. The highest BCUT2D eigenvalue weighted by Crippen LogP contribution is 2.43. The molecule has 94 valence electrons. The smallest absolute Gasteiger partial charge is 0.257 e. The molecule has 1 fully saturated rings. The minimum Gasteiger partial charge on any atom is -0.493 e. The van der Waals surface area contributed by atoms with Crippen LogP contribution in [0.25, 0.3) is 0 Å². The molecule has 2 rings (SSSR count). The zero-order chi connectivity index (χ0) is 12.6. The van der Waals surface area contributed by atoms with Gasteiger partial charge in [-0.2, -0.15) is 4.98 Å². The molecule has 0 bridgehead atoms. The normalized spacial score (nSPS) is 22.9. The second-order valence-corrected chi connectivity index (χ2v) is 4.40. The molecule has 1 heterocycles. The van der Waals surface area contributed by atoms with Crippen molar-refractivity contribution in [3.05, 3.63) is 21.7 Å². The predicted molar refractivity (Wildman–Crippen MR) is 57.4 cm³/mol. The molecule has 1 aromatic rings. The summed E-state index contributed by atoms with van der Waals surface area (Å²) in [6.45, 7) is 1.72. The van der Waals surface area contributed by atoms with Gasteiger partial charge in [0.25, 0.3) is 5.56 Å². The second-order valence-electron chi connectivity index (χ2n) is 4.40. The number of alkyl halides is 2. The van der Waals surface area contributed by atoms with Gasteiger partial charge in [-0.25, -0.2) is 8.78 Å². The summed E-state index contributed by atoms with van der Waals surface area (Å²) in [5.74, 6) is -3.35. The highest BCUT2D eigenvalue weighted by atomic mass is 19.3. The quantitative estimate of drug-likeness (QED) is 0.835. The molecule has 1 saturated carbocycles. The van der Waals surface area contributed by atoms with Crippen LogP contribution in [0.1, 0.15) is 43.5 Å². The van der Waals surface area contributed by atoms with E-state index in [-0.39, 0.29) is 36.5 Å². The number of aromatic amines is 1. The zero-order valence-electron chi connectivity index (χ0n) is 9.46. The first-order valence-electron chi connectivity index (χ1n) is 5.63. The largest absolute Gasteiger partial charge is 0.493 e. The standard InChI is InChI=1S/C11H14F2N2O2/c1-2-7-9(16)14-8(15-10(7)17)6-3-4-11(12,13)5-6/h6H,2-5H2,1H3,(H2,14,15,16,17). The molecule has 1 aromatic heterocycles. The van der Waals surface area contributed by atoms with Crippen molar-refractivity contribution in [1.82, 2.24) is 9.97 Å². The Morgan fingerprint density at radius 2 is 2.29 bits per heavy atom. The number of hydrogen-bond donors (Lipinski definition) is 2. The third-order valence-corrected chi connectivity index (χ3v) is 3.16. The molecular weight excluding hydrogens is 230 g/mol. The summed E-state index contributed by atoms with van der Waals surface area (Å²) in [5, 5.41) is 9.54. The number of nitrogens with one attached hydrogen (secondary N) is 1. The highest BCUT2D eigenvalue weighted by Gasteiger charge is 2.41. The SMILES string of the molecule is CCc1c(O)nc(C2CCC(F)(F)C2)[nH]c1=O. The first kappa shape index (κ1) is 12.0. The van der Waals surface area contributed by atoms with E-state index in [4.69, 9.17) is 0 Å². The molecule has 0 spiro atoms. The lowest BCUT2D eigenvalue weighted by Crippen LogP contribution is -2.18. The van der Waals surface area contributed by atoms with Crippen molar-refractivity contribution in [1.29, 1.82) is 0 Å². The first-order chi connectivity index (χ1) is 7.93. The van der Waals surface area contributed by atoms with Crippen molar-refractivity contribution < 1.29 is 13.9 Å². The van der Waals surface area contributed by atoms with E-state index in [9.17, 15) is 18.7 Å². The summed E-state index contributed by atoms with van der Waals surface area (Å²) < 4.78 is 26.1. The molecule has 0 amide bonds. The van der Waals surface area contributed by atoms with Crippen molar-refractivity contribution in [2.75, 3.05) is 0 Å². The number of H-pyrrole nitrogens is 1. The van der Waals surface area contributed by atoms with Gasteiger partial charge in [0, 0.05) is 18.8 Å². The molecule has 0 saturated heterocycles. The topological polar surface area (TPSA) is 66.0 Å². The Balaban J connectivity index is 2.33. The Kier molecular flexibility index (Phi) is 2.89. The van der Waals surface area contributed by atoms with Gasteiger partial charge in [0.2, 0.25) is 11.8 Å². The van der Waals surface area contributed by atoms with E-state index in [2.05, 4.69) is 9.97 Å². The molecule has 1 atom stereocenters. The molecule has 6 heteroatoms. The van der Waals surface area contributed by atoms with Gasteiger partial charge in [-0.1, -0.05) is 6.92 Å². The van der Waals surface area contributed by atoms with Crippen LogP contribution < -0.4 is 5.56 Å². The Morgan fingerprint density at radius 3 is 2.76 bits per heavy atom. The molecule has 1 aliphatic carbocycles. The van der Waals surface area contributed by atoms with Gasteiger partial charge in [-0.3, -0.25) is 4.79 Å². The number of halogens is 2. The number of hydrogen-bond acceptors (Lipinski definition) is 3. The monoisotopic (exact) mass is 244 g/mol. The van der Waals surface area contributed by atoms with Crippen molar-refractivity contribution in [2.45, 2.75) is 44.4 Å². The van der Waals surface area contributed by atoms with Crippen molar-refractivity contribution in [3.63, 3.8) is 0 Å². The van der Waals surface area contributed by atoms with Gasteiger partial charge < -0.3 is 10.1 Å². The van der Waals surface area contributed by atoms with Gasteiger partial charge in [-0.05, 0) is 12.8 Å². The van der Waals surface area contributed by atoms with Crippen LogP contribution >= 0.6 is 0 Å². The maximum absolute atomic E-state index is 13.0. The van der Waals surface area contributed by atoms with Gasteiger partial charge in [0.05, 0.1) is 5.56 Å². The fourth-order valence-corrected chi connectivity index (χ4v) is 2.20. The lowest BCUT2D eigenvalue weighted by atomic mass is 10.1. The van der Waals surface area contributed by atoms with E-state index in [1.165, 1.54) is 0 Å². The third-order valence-electron chi connectivity index (χ3n) is 3.16. The van der Waals surface area contributed by atoms with Crippen LogP contribution in [0.4, 0.5) is 8.78 Å². The van der Waals surface area contributed by atoms with E-state index < -0.39 is 17.4 Å². The number of nitrogens with zero attached hydrogens (tertiary/aromatic N) is 1. The summed E-state index contributed by atoms with van der Waals surface area (Å²) in [5.41, 5.74) is -0.247. The van der Waals surface area contributed by atoms with Crippen LogP contribution in [-0.4, -0.2) is 21.0 Å². The number of rotatable bonds is 2. The number of aromatic hydroxyl groups is 1. The molecular formula is C11H14F2N2O2. The van der Waals surface area contributed by atoms with Crippen molar-refractivity contribution in [2.24, 2.45) is 0 Å². The Bertz CT molecular complexity index is 485. The molecule has 0 radical (unpaired) electrons. The van der Waals surface area contributed by atoms with Crippen LogP contribution in [0.5, 0.6) is 5.88 Å². The van der Waals surface area contributed by atoms with Gasteiger partial charge in [-0.15, -0.1) is 0 Å². The van der Waals surface area contributed by atoms with E-state index in [1.807, 2.05) is 0 Å². The highest BCUT2D eigenvalue weighted by molar-refractivity contribution is 5.23. The van der Waals surface area contributed by atoms with Gasteiger partial charge in [0.15, 0.2) is 0 Å². The molecule has 1 aliphatic rings. The average molecular weight is 244 g/mol. The van der Waals surface area contributed by atoms with Gasteiger partial charge in [0.1, 0.15) is 5.82 Å². The summed E-state index contributed by atoms with van der Waals surface area (Å²) >= 11 is 0. The van der Waals surface area contributed by atoms with E-state index in [0.29, 0.717) is 6.42 Å².